The molecule has 3 N–H and O–H groups in total. The van der Waals surface area contributed by atoms with E-state index in [9.17, 15) is 9.59 Å². The van der Waals surface area contributed by atoms with E-state index < -0.39 is 18.0 Å². The van der Waals surface area contributed by atoms with Crippen molar-refractivity contribution >= 4 is 11.9 Å². The van der Waals surface area contributed by atoms with Crippen molar-refractivity contribution in [2.24, 2.45) is 5.73 Å². The van der Waals surface area contributed by atoms with Gasteiger partial charge in [0.15, 0.2) is 0 Å². The van der Waals surface area contributed by atoms with Gasteiger partial charge in [0.1, 0.15) is 6.04 Å². The Bertz CT molecular complexity index is 497. The van der Waals surface area contributed by atoms with Crippen molar-refractivity contribution in [1.82, 2.24) is 0 Å². The van der Waals surface area contributed by atoms with Gasteiger partial charge in [-0.05, 0) is 19.8 Å². The number of carbonyl (C=O) groups is 2. The average Bonchev–Trinajstić information content (AvgIpc) is 2.84. The second-order valence-electron chi connectivity index (χ2n) is 11.0. The Morgan fingerprint density at radius 3 is 1.22 bits per heavy atom. The minimum absolute atomic E-state index is 0.202. The number of unbranched alkanes of at least 4 members (excludes halogenated alkanes) is 22. The van der Waals surface area contributed by atoms with Crippen molar-refractivity contribution in [2.75, 3.05) is 0 Å². The predicted octanol–water partition coefficient (Wildman–Crippen LogP) is 9.10. The first kappa shape index (κ1) is 34.9. The smallest absolute Gasteiger partial charge is 0.323 e. The lowest BCUT2D eigenvalue weighted by atomic mass is 10.0. The molecular weight excluding hydrogens is 450 g/mol. The quantitative estimate of drug-likeness (QED) is 0.0807. The number of aliphatic carboxylic acids is 1. The molecule has 0 aromatic rings. The highest BCUT2D eigenvalue weighted by Crippen LogP contribution is 2.16. The molecule has 214 valence electrons. The van der Waals surface area contributed by atoms with E-state index in [1.165, 1.54) is 135 Å². The SMILES string of the molecule is CCCCCCCCCCCCCCCCCCCCCCCCCC(C)OC(=O)[C@@H](N)CC(=O)O. The van der Waals surface area contributed by atoms with E-state index in [1.807, 2.05) is 6.92 Å². The van der Waals surface area contributed by atoms with Gasteiger partial charge in [0.25, 0.3) is 0 Å². The van der Waals surface area contributed by atoms with Crippen LogP contribution in [0.5, 0.6) is 0 Å². The van der Waals surface area contributed by atoms with Gasteiger partial charge in [-0.1, -0.05) is 148 Å². The number of rotatable bonds is 28. The van der Waals surface area contributed by atoms with Gasteiger partial charge in [-0.3, -0.25) is 9.59 Å². The Balaban J connectivity index is 3.23. The zero-order valence-electron chi connectivity index (χ0n) is 24.1. The van der Waals surface area contributed by atoms with Crippen LogP contribution in [-0.2, 0) is 14.3 Å². The van der Waals surface area contributed by atoms with Crippen LogP contribution in [0, 0.1) is 0 Å². The predicted molar refractivity (Wildman–Crippen MR) is 152 cm³/mol. The van der Waals surface area contributed by atoms with Crippen molar-refractivity contribution in [3.8, 4) is 0 Å². The highest BCUT2D eigenvalue weighted by Gasteiger charge is 2.20. The minimum atomic E-state index is -1.08. The molecule has 0 aliphatic rings. The Morgan fingerprint density at radius 1 is 0.611 bits per heavy atom. The lowest BCUT2D eigenvalue weighted by Gasteiger charge is -2.15. The lowest BCUT2D eigenvalue weighted by molar-refractivity contribution is -0.153. The summed E-state index contributed by atoms with van der Waals surface area (Å²) in [5, 5.41) is 8.68. The van der Waals surface area contributed by atoms with Gasteiger partial charge in [0.2, 0.25) is 0 Å². The summed E-state index contributed by atoms with van der Waals surface area (Å²) in [6.07, 6.45) is 31.9. The third-order valence-corrected chi connectivity index (χ3v) is 7.23. The van der Waals surface area contributed by atoms with Gasteiger partial charge in [-0.15, -0.1) is 0 Å². The van der Waals surface area contributed by atoms with Crippen LogP contribution in [0.15, 0.2) is 0 Å². The van der Waals surface area contributed by atoms with Crippen molar-refractivity contribution in [3.63, 3.8) is 0 Å². The van der Waals surface area contributed by atoms with E-state index in [0.717, 1.165) is 19.3 Å². The first-order valence-electron chi connectivity index (χ1n) is 15.6. The fourth-order valence-electron chi connectivity index (χ4n) is 4.83. The largest absolute Gasteiger partial charge is 0.481 e. The zero-order chi connectivity index (χ0) is 26.7. The van der Waals surface area contributed by atoms with E-state index in [4.69, 9.17) is 15.6 Å². The second kappa shape index (κ2) is 26.9. The standard InChI is InChI=1S/C31H61NO4/c1-3-4-5-6-7-8-9-10-11-12-13-14-15-16-17-18-19-20-21-22-23-24-25-26-28(2)36-31(35)29(32)27-30(33)34/h28-29H,3-27,32H2,1-2H3,(H,33,34)/t28?,29-/m0/s1. The molecule has 0 saturated heterocycles. The molecule has 0 aliphatic carbocycles. The number of ether oxygens (including phenoxy) is 1. The number of nitrogens with two attached hydrogens (primary N) is 1. The molecule has 0 fully saturated rings. The summed E-state index contributed by atoms with van der Waals surface area (Å²) in [6.45, 7) is 4.14. The van der Waals surface area contributed by atoms with Crippen molar-refractivity contribution in [1.29, 1.82) is 0 Å². The van der Waals surface area contributed by atoms with Crippen LogP contribution < -0.4 is 5.73 Å². The molecule has 2 atom stereocenters. The summed E-state index contributed by atoms with van der Waals surface area (Å²) in [4.78, 5) is 22.3. The molecule has 0 bridgehead atoms. The number of carboxylic acids is 1. The van der Waals surface area contributed by atoms with E-state index in [0.29, 0.717) is 0 Å². The molecule has 0 radical (unpaired) electrons. The summed E-state index contributed by atoms with van der Waals surface area (Å²) in [5.74, 6) is -1.69. The summed E-state index contributed by atoms with van der Waals surface area (Å²) < 4.78 is 5.24. The molecule has 0 saturated carbocycles. The van der Waals surface area contributed by atoms with E-state index in [1.54, 1.807) is 0 Å². The van der Waals surface area contributed by atoms with Crippen LogP contribution >= 0.6 is 0 Å². The molecule has 0 rings (SSSR count). The number of carboxylic acid groups (broad SMARTS) is 1. The molecule has 0 aromatic heterocycles. The molecule has 1 unspecified atom stereocenters. The maximum atomic E-state index is 11.7. The minimum Gasteiger partial charge on any atom is -0.481 e. The molecule has 0 spiro atoms. The number of esters is 1. The Labute approximate surface area is 223 Å². The molecule has 0 heterocycles. The zero-order valence-corrected chi connectivity index (χ0v) is 24.1. The van der Waals surface area contributed by atoms with Gasteiger partial charge in [0, 0.05) is 0 Å². The third-order valence-electron chi connectivity index (χ3n) is 7.23. The Kier molecular flexibility index (Phi) is 26.1. The fourth-order valence-corrected chi connectivity index (χ4v) is 4.83. The van der Waals surface area contributed by atoms with Gasteiger partial charge >= 0.3 is 11.9 Å². The fraction of sp³-hybridized carbons (Fsp3) is 0.935. The maximum Gasteiger partial charge on any atom is 0.323 e. The van der Waals surface area contributed by atoms with Crippen LogP contribution in [0.3, 0.4) is 0 Å². The molecule has 0 amide bonds. The Hall–Kier alpha value is -1.10. The normalized spacial score (nSPS) is 13.0. The lowest BCUT2D eigenvalue weighted by Crippen LogP contribution is -2.36. The number of hydrogen-bond acceptors (Lipinski definition) is 4. The molecule has 5 heteroatoms. The second-order valence-corrected chi connectivity index (χ2v) is 11.0. The van der Waals surface area contributed by atoms with Crippen molar-refractivity contribution in [2.45, 2.75) is 187 Å². The van der Waals surface area contributed by atoms with Crippen LogP contribution in [0.2, 0.25) is 0 Å². The van der Waals surface area contributed by atoms with Crippen LogP contribution in [0.4, 0.5) is 0 Å². The van der Waals surface area contributed by atoms with Crippen molar-refractivity contribution < 1.29 is 19.4 Å². The molecular formula is C31H61NO4. The maximum absolute atomic E-state index is 11.7. The first-order valence-corrected chi connectivity index (χ1v) is 15.6. The monoisotopic (exact) mass is 511 g/mol. The van der Waals surface area contributed by atoms with Gasteiger partial charge in [-0.25, -0.2) is 0 Å². The molecule has 36 heavy (non-hydrogen) atoms. The molecule has 0 aliphatic heterocycles. The molecule has 0 aromatic carbocycles. The van der Waals surface area contributed by atoms with Crippen molar-refractivity contribution in [3.05, 3.63) is 0 Å². The van der Waals surface area contributed by atoms with Gasteiger partial charge in [-0.2, -0.15) is 0 Å². The topological polar surface area (TPSA) is 89.6 Å². The summed E-state index contributed by atoms with van der Waals surface area (Å²) in [6, 6.07) is -1.07. The summed E-state index contributed by atoms with van der Waals surface area (Å²) >= 11 is 0. The van der Waals surface area contributed by atoms with Crippen LogP contribution in [0.1, 0.15) is 174 Å². The van der Waals surface area contributed by atoms with Crippen LogP contribution in [-0.4, -0.2) is 29.2 Å². The van der Waals surface area contributed by atoms with E-state index >= 15 is 0 Å². The van der Waals surface area contributed by atoms with Gasteiger partial charge in [0.05, 0.1) is 12.5 Å². The Morgan fingerprint density at radius 2 is 0.917 bits per heavy atom. The van der Waals surface area contributed by atoms with Crippen LogP contribution in [0.25, 0.3) is 0 Å². The summed E-state index contributed by atoms with van der Waals surface area (Å²) in [7, 11) is 0. The van der Waals surface area contributed by atoms with E-state index in [2.05, 4.69) is 6.92 Å². The van der Waals surface area contributed by atoms with Gasteiger partial charge < -0.3 is 15.6 Å². The third kappa shape index (κ3) is 26.0. The number of carbonyl (C=O) groups excluding carboxylic acids is 1. The molecule has 5 nitrogen and oxygen atoms in total. The first-order chi connectivity index (χ1) is 17.5. The average molecular weight is 512 g/mol. The highest BCUT2D eigenvalue weighted by molar-refractivity contribution is 5.81. The van der Waals surface area contributed by atoms with E-state index in [-0.39, 0.29) is 12.5 Å². The number of hydrogen-bond donors (Lipinski definition) is 2. The summed E-state index contributed by atoms with van der Waals surface area (Å²) in [5.41, 5.74) is 5.53. The highest BCUT2D eigenvalue weighted by atomic mass is 16.5.